The van der Waals surface area contributed by atoms with E-state index in [1.165, 1.54) is 0 Å². The Morgan fingerprint density at radius 2 is 1.69 bits per heavy atom. The quantitative estimate of drug-likeness (QED) is 0.382. The molecule has 0 aliphatic heterocycles. The van der Waals surface area contributed by atoms with Crippen LogP contribution in [0.15, 0.2) is 42.5 Å². The molecular weight excluding hydrogens is 378 g/mol. The summed E-state index contributed by atoms with van der Waals surface area (Å²) in [5.74, 6) is -3.81. The molecule has 2 aromatic carbocycles. The summed E-state index contributed by atoms with van der Waals surface area (Å²) >= 11 is 0. The van der Waals surface area contributed by atoms with E-state index in [0.717, 1.165) is 16.3 Å². The molecule has 9 heteroatoms. The smallest absolute Gasteiger partial charge is 0.326 e. The molecule has 0 aromatic heterocycles. The summed E-state index contributed by atoms with van der Waals surface area (Å²) in [6.45, 7) is -0.457. The van der Waals surface area contributed by atoms with Crippen molar-refractivity contribution in [1.82, 2.24) is 10.6 Å². The summed E-state index contributed by atoms with van der Waals surface area (Å²) in [6, 6.07) is 11.3. The number of rotatable bonds is 10. The highest BCUT2D eigenvalue weighted by atomic mass is 16.4. The molecule has 0 saturated carbocycles. The van der Waals surface area contributed by atoms with Crippen LogP contribution in [0.25, 0.3) is 10.8 Å². The van der Waals surface area contributed by atoms with Gasteiger partial charge in [-0.15, -0.1) is 0 Å². The lowest BCUT2D eigenvalue weighted by Gasteiger charge is -2.15. The summed E-state index contributed by atoms with van der Waals surface area (Å²) < 4.78 is 0. The van der Waals surface area contributed by atoms with Crippen molar-refractivity contribution in [3.05, 3.63) is 48.0 Å². The van der Waals surface area contributed by atoms with Crippen molar-refractivity contribution in [3.63, 3.8) is 0 Å². The Balaban J connectivity index is 1.84. The van der Waals surface area contributed by atoms with Crippen LogP contribution in [0.3, 0.4) is 0 Å². The number of carboxylic acids is 2. The van der Waals surface area contributed by atoms with Gasteiger partial charge in [0.25, 0.3) is 0 Å². The average molecular weight is 401 g/mol. The molecule has 2 amide bonds. The van der Waals surface area contributed by atoms with E-state index >= 15 is 0 Å². The second-order valence-electron chi connectivity index (χ2n) is 6.60. The van der Waals surface area contributed by atoms with Gasteiger partial charge in [0.05, 0.1) is 12.6 Å². The number of aliphatic carboxylic acids is 2. The maximum Gasteiger partial charge on any atom is 0.326 e. The second kappa shape index (κ2) is 10.2. The molecule has 0 radical (unpaired) electrons. The van der Waals surface area contributed by atoms with Gasteiger partial charge in [-0.3, -0.25) is 14.4 Å². The lowest BCUT2D eigenvalue weighted by molar-refractivity contribution is -0.143. The fourth-order valence-corrected chi connectivity index (χ4v) is 2.78. The molecule has 0 bridgehead atoms. The van der Waals surface area contributed by atoms with Crippen LogP contribution in [-0.2, 0) is 25.6 Å². The van der Waals surface area contributed by atoms with Gasteiger partial charge in [-0.25, -0.2) is 4.79 Å². The largest absolute Gasteiger partial charge is 0.481 e. The van der Waals surface area contributed by atoms with Crippen molar-refractivity contribution in [1.29, 1.82) is 0 Å². The van der Waals surface area contributed by atoms with Crippen molar-refractivity contribution in [2.24, 2.45) is 5.73 Å². The Hall–Kier alpha value is -3.46. The average Bonchev–Trinajstić information content (AvgIpc) is 2.68. The number of nitrogens with one attached hydrogen (secondary N) is 2. The van der Waals surface area contributed by atoms with Crippen molar-refractivity contribution in [3.8, 4) is 0 Å². The molecule has 2 aromatic rings. The fourth-order valence-electron chi connectivity index (χ4n) is 2.78. The van der Waals surface area contributed by atoms with E-state index in [1.807, 2.05) is 42.5 Å². The van der Waals surface area contributed by atoms with Gasteiger partial charge < -0.3 is 26.6 Å². The number of carbonyl (C=O) groups is 4. The van der Waals surface area contributed by atoms with Gasteiger partial charge in [-0.05, 0) is 29.2 Å². The maximum absolute atomic E-state index is 12.1. The Labute approximate surface area is 166 Å². The summed E-state index contributed by atoms with van der Waals surface area (Å²) in [7, 11) is 0. The second-order valence-corrected chi connectivity index (χ2v) is 6.60. The molecule has 154 valence electrons. The lowest BCUT2D eigenvalue weighted by atomic mass is 10.0. The predicted molar refractivity (Wildman–Crippen MR) is 105 cm³/mol. The molecule has 0 aliphatic carbocycles. The number of nitrogens with two attached hydrogens (primary N) is 1. The Morgan fingerprint density at radius 3 is 2.34 bits per heavy atom. The van der Waals surface area contributed by atoms with Crippen LogP contribution >= 0.6 is 0 Å². The standard InChI is InChI=1S/C20H23N3O6/c21-15(10-12-5-6-13-3-1-2-4-14(13)9-12)19(27)22-11-17(24)23-16(20(28)29)7-8-18(25)26/h1-6,9,15-16H,7-8,10-11,21H2,(H,22,27)(H,23,24)(H,25,26)(H,28,29)/t15-,16+/m0/s1. The fraction of sp³-hybridized carbons (Fsp3) is 0.300. The van der Waals surface area contributed by atoms with Crippen LogP contribution in [0.1, 0.15) is 18.4 Å². The lowest BCUT2D eigenvalue weighted by Crippen LogP contribution is -2.49. The van der Waals surface area contributed by atoms with E-state index < -0.39 is 48.8 Å². The molecule has 0 fully saturated rings. The molecule has 6 N–H and O–H groups in total. The molecule has 0 saturated heterocycles. The summed E-state index contributed by atoms with van der Waals surface area (Å²) in [5, 5.41) is 24.3. The highest BCUT2D eigenvalue weighted by molar-refractivity contribution is 5.90. The van der Waals surface area contributed by atoms with Gasteiger partial charge in [-0.1, -0.05) is 42.5 Å². The number of benzene rings is 2. The minimum absolute atomic E-state index is 0.258. The first kappa shape index (κ1) is 21.8. The molecule has 0 spiro atoms. The summed E-state index contributed by atoms with van der Waals surface area (Å²) in [6.07, 6.45) is -0.388. The van der Waals surface area contributed by atoms with Crippen molar-refractivity contribution in [2.45, 2.75) is 31.3 Å². The number of carboxylic acid groups (broad SMARTS) is 2. The highest BCUT2D eigenvalue weighted by Crippen LogP contribution is 2.16. The first-order chi connectivity index (χ1) is 13.8. The molecule has 0 aliphatic rings. The minimum Gasteiger partial charge on any atom is -0.481 e. The summed E-state index contributed by atoms with van der Waals surface area (Å²) in [5.41, 5.74) is 6.78. The number of hydrogen-bond acceptors (Lipinski definition) is 5. The van der Waals surface area contributed by atoms with E-state index in [-0.39, 0.29) is 12.8 Å². The van der Waals surface area contributed by atoms with Crippen LogP contribution in [0.2, 0.25) is 0 Å². The Bertz CT molecular complexity index is 914. The third-order valence-electron chi connectivity index (χ3n) is 4.31. The first-order valence-corrected chi connectivity index (χ1v) is 9.01. The zero-order valence-corrected chi connectivity index (χ0v) is 15.6. The number of carbonyl (C=O) groups excluding carboxylic acids is 2. The first-order valence-electron chi connectivity index (χ1n) is 9.01. The molecule has 0 heterocycles. The molecule has 29 heavy (non-hydrogen) atoms. The predicted octanol–water partition coefficient (Wildman–Crippen LogP) is 0.260. The minimum atomic E-state index is -1.35. The number of hydrogen-bond donors (Lipinski definition) is 5. The van der Waals surface area contributed by atoms with Gasteiger partial charge in [0, 0.05) is 6.42 Å². The zero-order valence-electron chi connectivity index (χ0n) is 15.6. The van der Waals surface area contributed by atoms with Crippen LogP contribution in [0.4, 0.5) is 0 Å². The monoisotopic (exact) mass is 401 g/mol. The van der Waals surface area contributed by atoms with Gasteiger partial charge in [0.2, 0.25) is 11.8 Å². The van der Waals surface area contributed by atoms with Gasteiger partial charge >= 0.3 is 11.9 Å². The van der Waals surface area contributed by atoms with E-state index in [4.69, 9.17) is 15.9 Å². The van der Waals surface area contributed by atoms with E-state index in [9.17, 15) is 19.2 Å². The maximum atomic E-state index is 12.1. The molecular formula is C20H23N3O6. The van der Waals surface area contributed by atoms with E-state index in [0.29, 0.717) is 0 Å². The molecule has 0 unspecified atom stereocenters. The summed E-state index contributed by atoms with van der Waals surface area (Å²) in [4.78, 5) is 45.6. The number of amides is 2. The Kier molecular flexibility index (Phi) is 7.67. The Morgan fingerprint density at radius 1 is 1.00 bits per heavy atom. The van der Waals surface area contributed by atoms with E-state index in [1.54, 1.807) is 0 Å². The van der Waals surface area contributed by atoms with Gasteiger partial charge in [0.1, 0.15) is 6.04 Å². The van der Waals surface area contributed by atoms with Crippen LogP contribution in [0.5, 0.6) is 0 Å². The van der Waals surface area contributed by atoms with Crippen LogP contribution in [-0.4, -0.2) is 52.6 Å². The molecule has 9 nitrogen and oxygen atoms in total. The topological polar surface area (TPSA) is 159 Å². The van der Waals surface area contributed by atoms with Crippen molar-refractivity contribution in [2.75, 3.05) is 6.54 Å². The van der Waals surface area contributed by atoms with Gasteiger partial charge in [-0.2, -0.15) is 0 Å². The normalized spacial score (nSPS) is 12.7. The van der Waals surface area contributed by atoms with Crippen LogP contribution < -0.4 is 16.4 Å². The molecule has 2 atom stereocenters. The third-order valence-corrected chi connectivity index (χ3v) is 4.31. The van der Waals surface area contributed by atoms with E-state index in [2.05, 4.69) is 10.6 Å². The zero-order chi connectivity index (χ0) is 21.4. The van der Waals surface area contributed by atoms with Crippen LogP contribution in [0, 0.1) is 0 Å². The number of fused-ring (bicyclic) bond motifs is 1. The molecule has 2 rings (SSSR count). The third kappa shape index (κ3) is 6.89. The highest BCUT2D eigenvalue weighted by Gasteiger charge is 2.22. The van der Waals surface area contributed by atoms with Crippen molar-refractivity contribution >= 4 is 34.5 Å². The SMILES string of the molecule is N[C@@H](Cc1ccc2ccccc2c1)C(=O)NCC(=O)N[C@H](CCC(=O)O)C(=O)O. The van der Waals surface area contributed by atoms with Crippen molar-refractivity contribution < 1.29 is 29.4 Å². The van der Waals surface area contributed by atoms with Gasteiger partial charge in [0.15, 0.2) is 0 Å².